The summed E-state index contributed by atoms with van der Waals surface area (Å²) in [5.74, 6) is 0. The number of nitrogens with zero attached hydrogens (tertiary/aromatic N) is 4. The fourth-order valence-corrected chi connectivity index (χ4v) is 3.69. The van der Waals surface area contributed by atoms with Crippen molar-refractivity contribution >= 4 is 22.5 Å². The summed E-state index contributed by atoms with van der Waals surface area (Å²) < 4.78 is 0. The van der Waals surface area contributed by atoms with E-state index in [1.54, 1.807) is 0 Å². The van der Waals surface area contributed by atoms with E-state index in [9.17, 15) is 9.90 Å². The summed E-state index contributed by atoms with van der Waals surface area (Å²) in [6.07, 6.45) is 3.12. The van der Waals surface area contributed by atoms with E-state index in [0.29, 0.717) is 18.2 Å². The van der Waals surface area contributed by atoms with E-state index in [4.69, 9.17) is 0 Å². The Balaban J connectivity index is 1.86. The lowest BCUT2D eigenvalue weighted by Crippen LogP contribution is -2.57. The van der Waals surface area contributed by atoms with Crippen molar-refractivity contribution in [2.24, 2.45) is 0 Å². The molecular weight excluding hydrogens is 326 g/mol. The maximum Gasteiger partial charge on any atom is 0.324 e. The number of hydrogen-bond donors (Lipinski definition) is 2. The summed E-state index contributed by atoms with van der Waals surface area (Å²) in [6.45, 7) is 10.6. The highest BCUT2D eigenvalue weighted by Crippen LogP contribution is 2.19. The molecular formula is C16H29N5O2S. The van der Waals surface area contributed by atoms with Gasteiger partial charge in [-0.3, -0.25) is 10.2 Å². The monoisotopic (exact) mass is 355 g/mol. The molecule has 2 heterocycles. The van der Waals surface area contributed by atoms with Crippen molar-refractivity contribution in [2.45, 2.75) is 58.6 Å². The van der Waals surface area contributed by atoms with Crippen molar-refractivity contribution in [3.63, 3.8) is 0 Å². The lowest BCUT2D eigenvalue weighted by Gasteiger charge is -2.41. The van der Waals surface area contributed by atoms with Crippen LogP contribution in [0, 0.1) is 0 Å². The van der Waals surface area contributed by atoms with E-state index in [2.05, 4.69) is 27.3 Å². The first kappa shape index (κ1) is 19.1. The molecule has 1 aliphatic heterocycles. The molecule has 1 aromatic rings. The average Bonchev–Trinajstić information content (AvgIpc) is 2.90. The number of urea groups is 1. The van der Waals surface area contributed by atoms with Gasteiger partial charge in [0.1, 0.15) is 5.01 Å². The first-order valence-corrected chi connectivity index (χ1v) is 9.45. The fourth-order valence-electron chi connectivity index (χ4n) is 2.92. The summed E-state index contributed by atoms with van der Waals surface area (Å²) in [4.78, 5) is 16.5. The number of amides is 2. The first-order valence-electron chi connectivity index (χ1n) is 8.63. The molecule has 0 radical (unpaired) electrons. The summed E-state index contributed by atoms with van der Waals surface area (Å²) in [6, 6.07) is -0.0304. The van der Waals surface area contributed by atoms with Crippen molar-refractivity contribution in [3.8, 4) is 0 Å². The van der Waals surface area contributed by atoms with Gasteiger partial charge in [0.25, 0.3) is 0 Å². The highest BCUT2D eigenvalue weighted by molar-refractivity contribution is 7.15. The fraction of sp³-hybridized carbons (Fsp3) is 0.812. The Morgan fingerprint density at radius 2 is 2.17 bits per heavy atom. The Kier molecular flexibility index (Phi) is 6.54. The van der Waals surface area contributed by atoms with Crippen LogP contribution in [0.1, 0.15) is 45.5 Å². The lowest BCUT2D eigenvalue weighted by molar-refractivity contribution is 0.0130. The van der Waals surface area contributed by atoms with Crippen LogP contribution in [-0.4, -0.2) is 69.0 Å². The van der Waals surface area contributed by atoms with Crippen molar-refractivity contribution in [1.82, 2.24) is 20.0 Å². The van der Waals surface area contributed by atoms with Gasteiger partial charge >= 0.3 is 6.03 Å². The van der Waals surface area contributed by atoms with E-state index < -0.39 is 5.60 Å². The van der Waals surface area contributed by atoms with E-state index >= 15 is 0 Å². The molecule has 1 fully saturated rings. The molecule has 1 aromatic heterocycles. The minimum absolute atomic E-state index is 0.0913. The van der Waals surface area contributed by atoms with Crippen LogP contribution in [0.25, 0.3) is 0 Å². The lowest BCUT2D eigenvalue weighted by atomic mass is 10.1. The Bertz CT molecular complexity index is 543. The number of rotatable bonds is 6. The number of piperazine rings is 1. The maximum absolute atomic E-state index is 12.5. The number of anilines is 1. The number of aryl methyl sites for hydroxylation is 1. The summed E-state index contributed by atoms with van der Waals surface area (Å²) >= 11 is 1.45. The average molecular weight is 356 g/mol. The number of aliphatic hydroxyl groups is 1. The zero-order valence-corrected chi connectivity index (χ0v) is 15.9. The first-order chi connectivity index (χ1) is 11.3. The topological polar surface area (TPSA) is 81.6 Å². The summed E-state index contributed by atoms with van der Waals surface area (Å²) in [7, 11) is 0. The predicted octanol–water partition coefficient (Wildman–Crippen LogP) is 2.19. The van der Waals surface area contributed by atoms with Crippen LogP contribution < -0.4 is 5.32 Å². The van der Waals surface area contributed by atoms with Crippen molar-refractivity contribution < 1.29 is 9.90 Å². The van der Waals surface area contributed by atoms with Crippen LogP contribution in [-0.2, 0) is 6.42 Å². The summed E-state index contributed by atoms with van der Waals surface area (Å²) in [5, 5.41) is 22.5. The minimum Gasteiger partial charge on any atom is -0.389 e. The SMILES string of the molecule is CCCCc1nnc(NC(=O)N2CCN(CC(C)(C)O)CC2C)s1. The van der Waals surface area contributed by atoms with E-state index in [0.717, 1.165) is 37.4 Å². The molecule has 1 saturated heterocycles. The molecule has 0 bridgehead atoms. The molecule has 1 unspecified atom stereocenters. The number of β-amino-alcohol motifs (C(OH)–C–C–N with tert-alkyl or cyclic N) is 1. The van der Waals surface area contributed by atoms with Gasteiger partial charge in [-0.1, -0.05) is 24.7 Å². The van der Waals surface area contributed by atoms with Gasteiger partial charge in [-0.05, 0) is 27.2 Å². The van der Waals surface area contributed by atoms with Gasteiger partial charge in [-0.15, -0.1) is 10.2 Å². The highest BCUT2D eigenvalue weighted by atomic mass is 32.1. The van der Waals surface area contributed by atoms with Gasteiger partial charge in [0.2, 0.25) is 5.13 Å². The molecule has 0 spiro atoms. The van der Waals surface area contributed by atoms with Crippen LogP contribution in [0.3, 0.4) is 0 Å². The van der Waals surface area contributed by atoms with Crippen LogP contribution >= 0.6 is 11.3 Å². The van der Waals surface area contributed by atoms with Crippen molar-refractivity contribution in [1.29, 1.82) is 0 Å². The highest BCUT2D eigenvalue weighted by Gasteiger charge is 2.30. The zero-order chi connectivity index (χ0) is 17.7. The van der Waals surface area contributed by atoms with Gasteiger partial charge in [-0.2, -0.15) is 0 Å². The second kappa shape index (κ2) is 8.22. The molecule has 2 N–H and O–H groups in total. The quantitative estimate of drug-likeness (QED) is 0.817. The van der Waals surface area contributed by atoms with Gasteiger partial charge in [-0.25, -0.2) is 4.79 Å². The van der Waals surface area contributed by atoms with Gasteiger partial charge in [0.15, 0.2) is 0 Å². The molecule has 7 nitrogen and oxygen atoms in total. The van der Waals surface area contributed by atoms with Crippen molar-refractivity contribution in [2.75, 3.05) is 31.5 Å². The Labute approximate surface area is 148 Å². The number of unbranched alkanes of at least 4 members (excludes halogenated alkanes) is 1. The second-order valence-electron chi connectivity index (χ2n) is 7.12. The van der Waals surface area contributed by atoms with E-state index in [1.807, 2.05) is 25.7 Å². The summed E-state index contributed by atoms with van der Waals surface area (Å²) in [5.41, 5.74) is -0.717. The zero-order valence-electron chi connectivity index (χ0n) is 15.1. The molecule has 1 atom stereocenters. The molecule has 0 aromatic carbocycles. The molecule has 136 valence electrons. The molecule has 0 aliphatic carbocycles. The standard InChI is InChI=1S/C16H29N5O2S/c1-5-6-7-13-18-19-14(24-13)17-15(22)21-9-8-20(10-12(21)2)11-16(3,4)23/h12,23H,5-11H2,1-4H3,(H,17,19,22). The van der Waals surface area contributed by atoms with Crippen molar-refractivity contribution in [3.05, 3.63) is 5.01 Å². The minimum atomic E-state index is -0.717. The third-order valence-electron chi connectivity index (χ3n) is 4.01. The van der Waals surface area contributed by atoms with Gasteiger partial charge in [0.05, 0.1) is 5.60 Å². The third-order valence-corrected chi connectivity index (χ3v) is 4.91. The Morgan fingerprint density at radius 3 is 2.79 bits per heavy atom. The normalized spacial score (nSPS) is 19.5. The number of nitrogens with one attached hydrogen (secondary N) is 1. The van der Waals surface area contributed by atoms with Gasteiger partial charge in [0, 0.05) is 38.6 Å². The number of carbonyl (C=O) groups is 1. The van der Waals surface area contributed by atoms with Crippen LogP contribution in [0.2, 0.25) is 0 Å². The molecule has 2 rings (SSSR count). The van der Waals surface area contributed by atoms with Crippen LogP contribution in [0.5, 0.6) is 0 Å². The molecule has 0 saturated carbocycles. The van der Waals surface area contributed by atoms with E-state index in [-0.39, 0.29) is 12.1 Å². The largest absolute Gasteiger partial charge is 0.389 e. The Morgan fingerprint density at radius 1 is 1.42 bits per heavy atom. The number of hydrogen-bond acceptors (Lipinski definition) is 6. The number of aromatic nitrogens is 2. The molecule has 1 aliphatic rings. The third kappa shape index (κ3) is 5.68. The smallest absolute Gasteiger partial charge is 0.324 e. The second-order valence-corrected chi connectivity index (χ2v) is 8.19. The van der Waals surface area contributed by atoms with Crippen LogP contribution in [0.4, 0.5) is 9.93 Å². The molecule has 8 heteroatoms. The molecule has 24 heavy (non-hydrogen) atoms. The number of carbonyl (C=O) groups excluding carboxylic acids is 1. The van der Waals surface area contributed by atoms with E-state index in [1.165, 1.54) is 11.3 Å². The maximum atomic E-state index is 12.5. The Hall–Kier alpha value is -1.25. The molecule has 2 amide bonds. The predicted molar refractivity (Wildman–Crippen MR) is 96.4 cm³/mol. The van der Waals surface area contributed by atoms with Gasteiger partial charge < -0.3 is 10.0 Å². The van der Waals surface area contributed by atoms with Crippen LogP contribution in [0.15, 0.2) is 0 Å².